The summed E-state index contributed by atoms with van der Waals surface area (Å²) in [5.74, 6) is 0.339. The number of H-pyrrole nitrogens is 1. The summed E-state index contributed by atoms with van der Waals surface area (Å²) in [7, 11) is 0. The molecule has 31 heavy (non-hydrogen) atoms. The van der Waals surface area contributed by atoms with E-state index in [2.05, 4.69) is 30.6 Å². The van der Waals surface area contributed by atoms with Gasteiger partial charge in [-0.1, -0.05) is 6.07 Å². The number of carboxylic acids is 1. The maximum absolute atomic E-state index is 14.1. The average Bonchev–Trinajstić information content (AvgIpc) is 3.09. The number of aromatic amines is 1. The third-order valence-electron chi connectivity index (χ3n) is 5.04. The fourth-order valence-electron chi connectivity index (χ4n) is 3.52. The third kappa shape index (κ3) is 4.30. The molecule has 0 aliphatic rings. The molecule has 0 atom stereocenters. The van der Waals surface area contributed by atoms with Crippen LogP contribution in [0.1, 0.15) is 27.2 Å². The molecule has 1 aromatic carbocycles. The first kappa shape index (κ1) is 20.3. The number of carboxylic acid groups (broad SMARTS) is 1. The molecule has 0 radical (unpaired) electrons. The molecular weight excluding hydrogens is 399 g/mol. The van der Waals surface area contributed by atoms with Gasteiger partial charge in [0.25, 0.3) is 0 Å². The Kier molecular flexibility index (Phi) is 5.48. The van der Waals surface area contributed by atoms with Gasteiger partial charge in [0.05, 0.1) is 11.1 Å². The summed E-state index contributed by atoms with van der Waals surface area (Å²) in [6.07, 6.45) is 3.40. The van der Waals surface area contributed by atoms with Gasteiger partial charge in [-0.2, -0.15) is 0 Å². The van der Waals surface area contributed by atoms with Crippen LogP contribution in [-0.2, 0) is 6.42 Å². The minimum Gasteiger partial charge on any atom is -0.478 e. The Morgan fingerprint density at radius 3 is 2.65 bits per heavy atom. The smallest absolute Gasteiger partial charge is 0.337 e. The fourth-order valence-corrected chi connectivity index (χ4v) is 3.52. The van der Waals surface area contributed by atoms with Gasteiger partial charge < -0.3 is 20.7 Å². The number of aromatic nitrogens is 4. The number of nitrogens with one attached hydrogen (secondary N) is 3. The summed E-state index contributed by atoms with van der Waals surface area (Å²) in [6.45, 7) is 4.53. The molecule has 8 nitrogen and oxygen atoms in total. The molecule has 4 aromatic rings. The number of aromatic carboxylic acids is 1. The van der Waals surface area contributed by atoms with Crippen molar-refractivity contribution < 1.29 is 14.3 Å². The monoisotopic (exact) mass is 420 g/mol. The molecule has 0 saturated heterocycles. The number of nitrogens with zero attached hydrogens (tertiary/aromatic N) is 3. The van der Waals surface area contributed by atoms with Gasteiger partial charge in [0, 0.05) is 29.9 Å². The van der Waals surface area contributed by atoms with E-state index in [9.17, 15) is 9.18 Å². The minimum atomic E-state index is -1.03. The Bertz CT molecular complexity index is 1250. The number of fused-ring (bicyclic) bond motifs is 1. The number of rotatable bonds is 7. The normalized spacial score (nSPS) is 10.9. The van der Waals surface area contributed by atoms with Crippen LogP contribution < -0.4 is 10.6 Å². The summed E-state index contributed by atoms with van der Waals surface area (Å²) >= 11 is 0. The van der Waals surface area contributed by atoms with Crippen molar-refractivity contribution in [3.63, 3.8) is 0 Å². The van der Waals surface area contributed by atoms with Gasteiger partial charge >= 0.3 is 5.97 Å². The van der Waals surface area contributed by atoms with Crippen LogP contribution in [0, 0.1) is 19.7 Å². The van der Waals surface area contributed by atoms with Crippen molar-refractivity contribution in [3.05, 3.63) is 71.1 Å². The van der Waals surface area contributed by atoms with Crippen LogP contribution in [0.2, 0.25) is 0 Å². The lowest BCUT2D eigenvalue weighted by atomic mass is 10.0. The van der Waals surface area contributed by atoms with Crippen LogP contribution in [0.25, 0.3) is 10.9 Å². The summed E-state index contributed by atoms with van der Waals surface area (Å²) in [4.78, 5) is 26.5. The zero-order valence-corrected chi connectivity index (χ0v) is 17.0. The zero-order valence-electron chi connectivity index (χ0n) is 17.0. The van der Waals surface area contributed by atoms with Crippen LogP contribution in [-0.4, -0.2) is 37.6 Å². The molecule has 0 unspecified atom stereocenters. The quantitative estimate of drug-likeness (QED) is 0.354. The summed E-state index contributed by atoms with van der Waals surface area (Å²) in [5.41, 5.74) is 3.71. The first-order valence-corrected chi connectivity index (χ1v) is 9.71. The number of carbonyl (C=O) groups is 1. The van der Waals surface area contributed by atoms with E-state index in [1.54, 1.807) is 18.2 Å². The predicted octanol–water partition coefficient (Wildman–Crippen LogP) is 4.21. The maximum atomic E-state index is 14.1. The van der Waals surface area contributed by atoms with Gasteiger partial charge in [-0.05, 0) is 49.6 Å². The highest BCUT2D eigenvalue weighted by atomic mass is 19.1. The van der Waals surface area contributed by atoms with Crippen LogP contribution >= 0.6 is 0 Å². The highest BCUT2D eigenvalue weighted by Gasteiger charge is 2.13. The van der Waals surface area contributed by atoms with E-state index >= 15 is 0 Å². The first-order chi connectivity index (χ1) is 14.9. The topological polar surface area (TPSA) is 116 Å². The number of aryl methyl sites for hydroxylation is 2. The van der Waals surface area contributed by atoms with Crippen molar-refractivity contribution in [1.82, 2.24) is 19.9 Å². The third-order valence-corrected chi connectivity index (χ3v) is 5.04. The number of hydrogen-bond donors (Lipinski definition) is 4. The van der Waals surface area contributed by atoms with E-state index in [4.69, 9.17) is 5.11 Å². The molecule has 3 aromatic heterocycles. The molecule has 0 aliphatic heterocycles. The van der Waals surface area contributed by atoms with Gasteiger partial charge in [0.1, 0.15) is 29.6 Å². The molecule has 3 heterocycles. The largest absolute Gasteiger partial charge is 0.478 e. The highest BCUT2D eigenvalue weighted by molar-refractivity contribution is 5.88. The van der Waals surface area contributed by atoms with E-state index in [0.717, 1.165) is 22.2 Å². The first-order valence-electron chi connectivity index (χ1n) is 9.71. The van der Waals surface area contributed by atoms with Crippen molar-refractivity contribution in [2.24, 2.45) is 0 Å². The molecule has 0 aliphatic carbocycles. The summed E-state index contributed by atoms with van der Waals surface area (Å²) in [6, 6.07) is 8.04. The average molecular weight is 420 g/mol. The molecule has 0 amide bonds. The molecule has 4 N–H and O–H groups in total. The lowest BCUT2D eigenvalue weighted by Crippen LogP contribution is -2.08. The molecule has 9 heteroatoms. The number of halogens is 1. The van der Waals surface area contributed by atoms with E-state index in [1.807, 2.05) is 13.8 Å². The summed E-state index contributed by atoms with van der Waals surface area (Å²) in [5, 5.41) is 16.2. The van der Waals surface area contributed by atoms with Gasteiger partial charge in [-0.25, -0.2) is 24.1 Å². The Balaban J connectivity index is 1.43. The lowest BCUT2D eigenvalue weighted by Gasteiger charge is -2.09. The number of hydrogen-bond acceptors (Lipinski definition) is 6. The molecular formula is C22H21FN6O2. The van der Waals surface area contributed by atoms with E-state index in [0.29, 0.717) is 35.9 Å². The van der Waals surface area contributed by atoms with Crippen molar-refractivity contribution in [1.29, 1.82) is 0 Å². The minimum absolute atomic E-state index is 0.110. The Labute approximate surface area is 177 Å². The van der Waals surface area contributed by atoms with Crippen molar-refractivity contribution in [2.45, 2.75) is 20.3 Å². The number of benzene rings is 1. The second kappa shape index (κ2) is 8.39. The molecule has 158 valence electrons. The molecule has 0 saturated carbocycles. The second-order valence-electron chi connectivity index (χ2n) is 7.17. The molecule has 0 fully saturated rings. The van der Waals surface area contributed by atoms with Crippen LogP contribution in [0.15, 0.2) is 42.9 Å². The van der Waals surface area contributed by atoms with Crippen molar-refractivity contribution in [3.8, 4) is 0 Å². The number of pyridine rings is 1. The van der Waals surface area contributed by atoms with Crippen LogP contribution in [0.4, 0.5) is 21.8 Å². The van der Waals surface area contributed by atoms with Crippen LogP contribution in [0.3, 0.4) is 0 Å². The van der Waals surface area contributed by atoms with Crippen molar-refractivity contribution >= 4 is 34.3 Å². The summed E-state index contributed by atoms with van der Waals surface area (Å²) < 4.78 is 14.1. The maximum Gasteiger partial charge on any atom is 0.337 e. The van der Waals surface area contributed by atoms with E-state index < -0.39 is 5.97 Å². The van der Waals surface area contributed by atoms with E-state index in [-0.39, 0.29) is 11.4 Å². The van der Waals surface area contributed by atoms with Gasteiger partial charge in [0.2, 0.25) is 0 Å². The van der Waals surface area contributed by atoms with Crippen molar-refractivity contribution in [2.75, 3.05) is 17.2 Å². The highest BCUT2D eigenvalue weighted by Crippen LogP contribution is 2.28. The molecule has 0 spiro atoms. The number of anilines is 3. The van der Waals surface area contributed by atoms with Gasteiger partial charge in [-0.3, -0.25) is 0 Å². The SMILES string of the molecule is Cc1[nH]c2c(F)ccc(C)c2c1CCNc1cc(Nc2ccc(C(=O)O)cn2)ncn1. The Hall–Kier alpha value is -4.01. The molecule has 0 bridgehead atoms. The standard InChI is InChI=1S/C22H21FN6O2/c1-12-3-5-16(23)21-20(12)15(13(2)28-21)7-8-24-18-9-19(27-11-26-18)29-17-6-4-14(10-25-17)22(30)31/h3-6,9-11,28H,7-8H2,1-2H3,(H,30,31)(H2,24,25,26,27,29). The van der Waals surface area contributed by atoms with Gasteiger partial charge in [-0.15, -0.1) is 0 Å². The Morgan fingerprint density at radius 2 is 1.90 bits per heavy atom. The fraction of sp³-hybridized carbons (Fsp3) is 0.182. The zero-order chi connectivity index (χ0) is 22.0. The molecule has 4 rings (SSSR count). The Morgan fingerprint density at radius 1 is 1.10 bits per heavy atom. The van der Waals surface area contributed by atoms with Gasteiger partial charge in [0.15, 0.2) is 0 Å². The second-order valence-corrected chi connectivity index (χ2v) is 7.17. The van der Waals surface area contributed by atoms with Crippen LogP contribution in [0.5, 0.6) is 0 Å². The predicted molar refractivity (Wildman–Crippen MR) is 116 cm³/mol. The lowest BCUT2D eigenvalue weighted by molar-refractivity contribution is 0.0696. The van der Waals surface area contributed by atoms with E-state index in [1.165, 1.54) is 24.7 Å².